The number of nitrogens with zero attached hydrogens (tertiary/aromatic N) is 3. The minimum Gasteiger partial charge on any atom is -0.465 e. The summed E-state index contributed by atoms with van der Waals surface area (Å²) in [6.07, 6.45) is 6.12. The smallest absolute Gasteiger partial charge is 0.337 e. The Morgan fingerprint density at radius 2 is 2.16 bits per heavy atom. The second kappa shape index (κ2) is 6.20. The zero-order chi connectivity index (χ0) is 17.4. The van der Waals surface area contributed by atoms with Crippen molar-refractivity contribution in [2.45, 2.75) is 25.8 Å². The highest BCUT2D eigenvalue weighted by atomic mass is 16.5. The zero-order valence-electron chi connectivity index (χ0n) is 14.3. The van der Waals surface area contributed by atoms with Crippen LogP contribution in [0.1, 0.15) is 30.1 Å². The summed E-state index contributed by atoms with van der Waals surface area (Å²) in [7, 11) is 1.38. The Hall–Kier alpha value is -2.89. The van der Waals surface area contributed by atoms with Gasteiger partial charge in [-0.15, -0.1) is 0 Å². The van der Waals surface area contributed by atoms with Gasteiger partial charge in [-0.05, 0) is 44.0 Å². The molecule has 1 aliphatic rings. The van der Waals surface area contributed by atoms with Gasteiger partial charge in [-0.1, -0.05) is 0 Å². The Morgan fingerprint density at radius 3 is 2.84 bits per heavy atom. The van der Waals surface area contributed by atoms with Crippen LogP contribution in [0.5, 0.6) is 0 Å². The van der Waals surface area contributed by atoms with Gasteiger partial charge < -0.3 is 14.6 Å². The molecule has 1 saturated heterocycles. The normalized spacial score (nSPS) is 17.2. The molecule has 0 unspecified atom stereocenters. The summed E-state index contributed by atoms with van der Waals surface area (Å²) in [5, 5.41) is 0. The molecule has 2 aromatic heterocycles. The maximum absolute atomic E-state index is 11.8. The van der Waals surface area contributed by atoms with Crippen molar-refractivity contribution in [1.82, 2.24) is 15.0 Å². The summed E-state index contributed by atoms with van der Waals surface area (Å²) >= 11 is 0. The first-order valence-corrected chi connectivity index (χ1v) is 8.47. The number of H-pyrrole nitrogens is 1. The van der Waals surface area contributed by atoms with E-state index in [1.54, 1.807) is 12.1 Å². The van der Waals surface area contributed by atoms with Crippen molar-refractivity contribution in [2.75, 3.05) is 18.6 Å². The lowest BCUT2D eigenvalue weighted by Gasteiger charge is -2.24. The molecule has 0 aliphatic carbocycles. The van der Waals surface area contributed by atoms with Crippen molar-refractivity contribution in [3.8, 4) is 11.3 Å². The largest absolute Gasteiger partial charge is 0.465 e. The Labute approximate surface area is 145 Å². The average Bonchev–Trinajstić information content (AvgIpc) is 3.31. The molecule has 6 nitrogen and oxygen atoms in total. The van der Waals surface area contributed by atoms with Crippen LogP contribution in [0.3, 0.4) is 0 Å². The van der Waals surface area contributed by atoms with E-state index in [1.807, 2.05) is 24.5 Å². The molecular formula is C19H20N4O2. The molecule has 6 heteroatoms. The van der Waals surface area contributed by atoms with Crippen LogP contribution in [0.25, 0.3) is 22.3 Å². The minimum absolute atomic E-state index is 0.366. The van der Waals surface area contributed by atoms with Gasteiger partial charge >= 0.3 is 5.97 Å². The maximum Gasteiger partial charge on any atom is 0.337 e. The Balaban J connectivity index is 1.91. The summed E-state index contributed by atoms with van der Waals surface area (Å²) < 4.78 is 4.81. The molecule has 0 radical (unpaired) electrons. The lowest BCUT2D eigenvalue weighted by atomic mass is 10.1. The lowest BCUT2D eigenvalue weighted by molar-refractivity contribution is 0.0601. The molecule has 1 N–H and O–H groups in total. The van der Waals surface area contributed by atoms with E-state index in [2.05, 4.69) is 16.8 Å². The number of ether oxygens (including phenoxy) is 1. The fourth-order valence-electron chi connectivity index (χ4n) is 3.40. The second-order valence-electron chi connectivity index (χ2n) is 6.38. The molecule has 1 aromatic carbocycles. The van der Waals surface area contributed by atoms with Crippen LogP contribution < -0.4 is 4.90 Å². The number of aromatic nitrogens is 3. The van der Waals surface area contributed by atoms with Crippen LogP contribution in [0.2, 0.25) is 0 Å². The highest BCUT2D eigenvalue weighted by Gasteiger charge is 2.26. The van der Waals surface area contributed by atoms with Crippen LogP contribution in [0, 0.1) is 0 Å². The van der Waals surface area contributed by atoms with Crippen molar-refractivity contribution in [3.05, 3.63) is 42.2 Å². The number of anilines is 1. The minimum atomic E-state index is -0.366. The van der Waals surface area contributed by atoms with Crippen LogP contribution in [-0.2, 0) is 4.74 Å². The third kappa shape index (κ3) is 2.73. The summed E-state index contributed by atoms with van der Waals surface area (Å²) in [5.41, 5.74) is 3.84. The second-order valence-corrected chi connectivity index (χ2v) is 6.38. The predicted molar refractivity (Wildman–Crippen MR) is 96.7 cm³/mol. The highest BCUT2D eigenvalue weighted by molar-refractivity contribution is 5.94. The number of carbonyl (C=O) groups is 1. The first-order chi connectivity index (χ1) is 12.2. The monoisotopic (exact) mass is 336 g/mol. The summed E-state index contributed by atoms with van der Waals surface area (Å²) in [6.45, 7) is 3.18. The number of hydrogen-bond donors (Lipinski definition) is 1. The number of hydrogen-bond acceptors (Lipinski definition) is 5. The molecule has 25 heavy (non-hydrogen) atoms. The van der Waals surface area contributed by atoms with Gasteiger partial charge in [0.25, 0.3) is 0 Å². The van der Waals surface area contributed by atoms with Gasteiger partial charge in [0.15, 0.2) is 5.82 Å². The number of carbonyl (C=O) groups excluding carboxylic acids is 1. The van der Waals surface area contributed by atoms with E-state index in [0.29, 0.717) is 17.1 Å². The molecule has 0 spiro atoms. The van der Waals surface area contributed by atoms with E-state index in [-0.39, 0.29) is 5.97 Å². The zero-order valence-corrected chi connectivity index (χ0v) is 14.3. The van der Waals surface area contributed by atoms with Crippen molar-refractivity contribution in [3.63, 3.8) is 0 Å². The lowest BCUT2D eigenvalue weighted by Crippen LogP contribution is -2.28. The molecular weight excluding hydrogens is 316 g/mol. The molecule has 0 bridgehead atoms. The topological polar surface area (TPSA) is 71.1 Å². The Bertz CT molecular complexity index is 921. The van der Waals surface area contributed by atoms with Crippen molar-refractivity contribution in [2.24, 2.45) is 0 Å². The first kappa shape index (κ1) is 15.6. The number of rotatable bonds is 3. The van der Waals surface area contributed by atoms with Crippen LogP contribution in [0.15, 0.2) is 36.7 Å². The quantitative estimate of drug-likeness (QED) is 0.742. The summed E-state index contributed by atoms with van der Waals surface area (Å²) in [5.74, 6) is 0.508. The number of esters is 1. The third-order valence-electron chi connectivity index (χ3n) is 4.76. The number of aromatic amines is 1. The van der Waals surface area contributed by atoms with Gasteiger partial charge in [0.1, 0.15) is 5.69 Å². The third-order valence-corrected chi connectivity index (χ3v) is 4.76. The molecule has 0 saturated carbocycles. The Kier molecular flexibility index (Phi) is 3.87. The van der Waals surface area contributed by atoms with Gasteiger partial charge in [0.05, 0.1) is 23.7 Å². The SMILES string of the molecule is COC(=O)c1ccc2nc(-c3cc[nH]c3)c(N3CCC[C@@H]3C)nc2c1. The standard InChI is InChI=1S/C19H20N4O2/c1-12-4-3-9-23(12)18-17(14-7-8-20-11-14)21-15-6-5-13(19(24)25-2)10-16(15)22-18/h5-8,10-12,20H,3-4,9H2,1-2H3/t12-/m0/s1. The first-order valence-electron chi connectivity index (χ1n) is 8.47. The van der Waals surface area contributed by atoms with Crippen LogP contribution >= 0.6 is 0 Å². The number of fused-ring (bicyclic) bond motifs is 1. The highest BCUT2D eigenvalue weighted by Crippen LogP contribution is 2.33. The van der Waals surface area contributed by atoms with E-state index >= 15 is 0 Å². The van der Waals surface area contributed by atoms with Gasteiger partial charge in [0, 0.05) is 30.5 Å². The van der Waals surface area contributed by atoms with Crippen molar-refractivity contribution >= 4 is 22.8 Å². The van der Waals surface area contributed by atoms with E-state index in [9.17, 15) is 4.79 Å². The van der Waals surface area contributed by atoms with E-state index < -0.39 is 0 Å². The molecule has 1 fully saturated rings. The molecule has 1 aliphatic heterocycles. The maximum atomic E-state index is 11.8. The molecule has 1 atom stereocenters. The van der Waals surface area contributed by atoms with Gasteiger partial charge in [-0.3, -0.25) is 0 Å². The van der Waals surface area contributed by atoms with Crippen LogP contribution in [0.4, 0.5) is 5.82 Å². The van der Waals surface area contributed by atoms with Crippen molar-refractivity contribution < 1.29 is 9.53 Å². The van der Waals surface area contributed by atoms with Gasteiger partial charge in [0.2, 0.25) is 0 Å². The van der Waals surface area contributed by atoms with Gasteiger partial charge in [-0.2, -0.15) is 0 Å². The Morgan fingerprint density at radius 1 is 1.28 bits per heavy atom. The molecule has 4 rings (SSSR count). The van der Waals surface area contributed by atoms with Crippen molar-refractivity contribution in [1.29, 1.82) is 0 Å². The van der Waals surface area contributed by atoms with E-state index in [0.717, 1.165) is 42.0 Å². The molecule has 3 aromatic rings. The van der Waals surface area contributed by atoms with E-state index in [4.69, 9.17) is 14.7 Å². The van der Waals surface area contributed by atoms with Gasteiger partial charge in [-0.25, -0.2) is 14.8 Å². The molecule has 3 heterocycles. The molecule has 0 amide bonds. The number of methoxy groups -OCH3 is 1. The molecule has 128 valence electrons. The fraction of sp³-hybridized carbons (Fsp3) is 0.316. The van der Waals surface area contributed by atoms with E-state index in [1.165, 1.54) is 7.11 Å². The number of nitrogens with one attached hydrogen (secondary N) is 1. The van der Waals surface area contributed by atoms with Crippen LogP contribution in [-0.4, -0.2) is 40.6 Å². The summed E-state index contributed by atoms with van der Waals surface area (Å²) in [6, 6.07) is 7.72. The summed E-state index contributed by atoms with van der Waals surface area (Å²) in [4.78, 5) is 26.9. The average molecular weight is 336 g/mol. The predicted octanol–water partition coefficient (Wildman–Crippen LogP) is 3.40. The number of benzene rings is 1. The fourth-order valence-corrected chi connectivity index (χ4v) is 3.40.